The van der Waals surface area contributed by atoms with Crippen LogP contribution in [-0.2, 0) is 0 Å². The molecule has 4 nitrogen and oxygen atoms in total. The summed E-state index contributed by atoms with van der Waals surface area (Å²) in [5, 5.41) is 30.0. The number of aliphatic hydroxyl groups is 3. The van der Waals surface area contributed by atoms with Crippen molar-refractivity contribution in [2.24, 2.45) is 5.41 Å². The van der Waals surface area contributed by atoms with Crippen LogP contribution >= 0.6 is 0 Å². The highest BCUT2D eigenvalue weighted by molar-refractivity contribution is 4.78. The molecule has 80 valence electrons. The summed E-state index contributed by atoms with van der Waals surface area (Å²) in [6.07, 6.45) is 0.128. The Hall–Kier alpha value is -0.160. The van der Waals surface area contributed by atoms with Crippen molar-refractivity contribution >= 4 is 0 Å². The summed E-state index contributed by atoms with van der Waals surface area (Å²) >= 11 is 0. The highest BCUT2D eigenvalue weighted by Gasteiger charge is 2.26. The maximum atomic E-state index is 9.59. The first kappa shape index (κ1) is 12.8. The lowest BCUT2D eigenvalue weighted by atomic mass is 9.87. The van der Waals surface area contributed by atoms with Gasteiger partial charge in [-0.2, -0.15) is 0 Å². The first-order chi connectivity index (χ1) is 6.04. The van der Waals surface area contributed by atoms with Crippen LogP contribution in [0.2, 0.25) is 0 Å². The molecule has 0 radical (unpaired) electrons. The zero-order valence-corrected chi connectivity index (χ0v) is 8.45. The molecule has 0 aliphatic carbocycles. The number of aliphatic hydroxyl groups excluding tert-OH is 3. The summed E-state index contributed by atoms with van der Waals surface area (Å²) in [4.78, 5) is 0. The number of nitrogens with one attached hydrogen (secondary N) is 1. The van der Waals surface area contributed by atoms with Gasteiger partial charge < -0.3 is 20.6 Å². The van der Waals surface area contributed by atoms with E-state index >= 15 is 0 Å². The second kappa shape index (κ2) is 6.32. The molecule has 4 heteroatoms. The second-order valence-electron chi connectivity index (χ2n) is 3.94. The molecule has 0 saturated heterocycles. The van der Waals surface area contributed by atoms with Gasteiger partial charge in [0.2, 0.25) is 0 Å². The lowest BCUT2D eigenvalue weighted by Gasteiger charge is -2.28. The van der Waals surface area contributed by atoms with Gasteiger partial charge in [-0.05, 0) is 13.0 Å². The van der Waals surface area contributed by atoms with E-state index in [0.29, 0.717) is 19.5 Å². The van der Waals surface area contributed by atoms with Gasteiger partial charge in [0.05, 0.1) is 12.7 Å². The van der Waals surface area contributed by atoms with E-state index in [2.05, 4.69) is 5.32 Å². The fraction of sp³-hybridized carbons (Fsp3) is 1.00. The van der Waals surface area contributed by atoms with E-state index < -0.39 is 11.5 Å². The molecule has 0 aromatic carbocycles. The average molecular weight is 191 g/mol. The molecule has 0 fully saturated rings. The van der Waals surface area contributed by atoms with E-state index in [1.165, 1.54) is 0 Å². The predicted molar refractivity (Wildman–Crippen MR) is 51.4 cm³/mol. The SMILES string of the molecule is CC(C)(CO)[C@H](O)CNCCCO. The highest BCUT2D eigenvalue weighted by Crippen LogP contribution is 2.18. The Bertz CT molecular complexity index is 128. The average Bonchev–Trinajstić information content (AvgIpc) is 2.12. The minimum Gasteiger partial charge on any atom is -0.396 e. The molecule has 0 heterocycles. The largest absolute Gasteiger partial charge is 0.396 e. The predicted octanol–water partition coefficient (Wildman–Crippen LogP) is -0.662. The van der Waals surface area contributed by atoms with Gasteiger partial charge in [-0.3, -0.25) is 0 Å². The van der Waals surface area contributed by atoms with Crippen LogP contribution in [0.3, 0.4) is 0 Å². The Morgan fingerprint density at radius 3 is 2.38 bits per heavy atom. The monoisotopic (exact) mass is 191 g/mol. The van der Waals surface area contributed by atoms with E-state index in [9.17, 15) is 5.11 Å². The number of hydrogen-bond donors (Lipinski definition) is 4. The Balaban J connectivity index is 3.55. The van der Waals surface area contributed by atoms with Crippen LogP contribution in [0.5, 0.6) is 0 Å². The molecular formula is C9H21NO3. The third-order valence-corrected chi connectivity index (χ3v) is 2.16. The van der Waals surface area contributed by atoms with Crippen molar-refractivity contribution in [3.63, 3.8) is 0 Å². The Morgan fingerprint density at radius 2 is 1.92 bits per heavy atom. The van der Waals surface area contributed by atoms with Crippen LogP contribution in [-0.4, -0.2) is 47.7 Å². The van der Waals surface area contributed by atoms with Gasteiger partial charge in [-0.15, -0.1) is 0 Å². The first-order valence-corrected chi connectivity index (χ1v) is 4.65. The maximum absolute atomic E-state index is 9.59. The van der Waals surface area contributed by atoms with Crippen LogP contribution in [0, 0.1) is 5.41 Å². The highest BCUT2D eigenvalue weighted by atomic mass is 16.3. The molecule has 13 heavy (non-hydrogen) atoms. The fourth-order valence-corrected chi connectivity index (χ4v) is 0.825. The maximum Gasteiger partial charge on any atom is 0.0737 e. The van der Waals surface area contributed by atoms with Gasteiger partial charge in [0.1, 0.15) is 0 Å². The molecule has 0 aromatic heterocycles. The van der Waals surface area contributed by atoms with Gasteiger partial charge in [0.15, 0.2) is 0 Å². The Labute approximate surface area is 79.6 Å². The van der Waals surface area contributed by atoms with Gasteiger partial charge in [-0.1, -0.05) is 13.8 Å². The normalized spacial score (nSPS) is 14.5. The van der Waals surface area contributed by atoms with Gasteiger partial charge in [0, 0.05) is 18.6 Å². The van der Waals surface area contributed by atoms with Crippen LogP contribution in [0.4, 0.5) is 0 Å². The molecule has 0 amide bonds. The molecule has 0 aromatic rings. The summed E-state index contributed by atoms with van der Waals surface area (Å²) < 4.78 is 0. The lowest BCUT2D eigenvalue weighted by molar-refractivity contribution is 0.00866. The van der Waals surface area contributed by atoms with Crippen molar-refractivity contribution < 1.29 is 15.3 Å². The molecule has 0 saturated carbocycles. The van der Waals surface area contributed by atoms with Crippen molar-refractivity contribution in [3.05, 3.63) is 0 Å². The molecule has 0 rings (SSSR count). The quantitative estimate of drug-likeness (QED) is 0.403. The van der Waals surface area contributed by atoms with Crippen LogP contribution < -0.4 is 5.32 Å². The number of rotatable bonds is 7. The fourth-order valence-electron chi connectivity index (χ4n) is 0.825. The third-order valence-electron chi connectivity index (χ3n) is 2.16. The van der Waals surface area contributed by atoms with E-state index in [4.69, 9.17) is 10.2 Å². The van der Waals surface area contributed by atoms with Crippen LogP contribution in [0.15, 0.2) is 0 Å². The molecular weight excluding hydrogens is 170 g/mol. The van der Waals surface area contributed by atoms with Crippen molar-refractivity contribution in [3.8, 4) is 0 Å². The molecule has 1 atom stereocenters. The third kappa shape index (κ3) is 5.21. The molecule has 0 spiro atoms. The summed E-state index contributed by atoms with van der Waals surface area (Å²) in [5.41, 5.74) is -0.466. The summed E-state index contributed by atoms with van der Waals surface area (Å²) in [6.45, 7) is 4.89. The molecule has 0 aliphatic heterocycles. The lowest BCUT2D eigenvalue weighted by Crippen LogP contribution is -2.40. The Kier molecular flexibility index (Phi) is 6.24. The topological polar surface area (TPSA) is 72.7 Å². The van der Waals surface area contributed by atoms with E-state index in [1.807, 2.05) is 13.8 Å². The number of hydrogen-bond acceptors (Lipinski definition) is 4. The zero-order chi connectivity index (χ0) is 10.3. The Morgan fingerprint density at radius 1 is 1.31 bits per heavy atom. The van der Waals surface area contributed by atoms with Crippen molar-refractivity contribution in [1.29, 1.82) is 0 Å². The zero-order valence-electron chi connectivity index (χ0n) is 8.45. The van der Waals surface area contributed by atoms with Crippen LogP contribution in [0.25, 0.3) is 0 Å². The van der Waals surface area contributed by atoms with Gasteiger partial charge in [0.25, 0.3) is 0 Å². The summed E-state index contributed by atoms with van der Waals surface area (Å²) in [7, 11) is 0. The van der Waals surface area contributed by atoms with Crippen molar-refractivity contribution in [1.82, 2.24) is 5.32 Å². The second-order valence-corrected chi connectivity index (χ2v) is 3.94. The summed E-state index contributed by atoms with van der Waals surface area (Å²) in [5.74, 6) is 0. The van der Waals surface area contributed by atoms with Gasteiger partial charge >= 0.3 is 0 Å². The minimum absolute atomic E-state index is 0.0319. The minimum atomic E-state index is -0.559. The van der Waals surface area contributed by atoms with E-state index in [1.54, 1.807) is 0 Å². The standard InChI is InChI=1S/C9H21NO3/c1-9(2,7-12)8(13)6-10-4-3-5-11/h8,10-13H,3-7H2,1-2H3/t8-/m1/s1. The molecule has 0 bridgehead atoms. The van der Waals surface area contributed by atoms with Crippen molar-refractivity contribution in [2.45, 2.75) is 26.4 Å². The van der Waals surface area contributed by atoms with E-state index in [-0.39, 0.29) is 13.2 Å². The molecule has 4 N–H and O–H groups in total. The smallest absolute Gasteiger partial charge is 0.0737 e. The van der Waals surface area contributed by atoms with Crippen LogP contribution in [0.1, 0.15) is 20.3 Å². The summed E-state index contributed by atoms with van der Waals surface area (Å²) in [6, 6.07) is 0. The van der Waals surface area contributed by atoms with E-state index in [0.717, 1.165) is 0 Å². The molecule has 0 unspecified atom stereocenters. The van der Waals surface area contributed by atoms with Gasteiger partial charge in [-0.25, -0.2) is 0 Å². The first-order valence-electron chi connectivity index (χ1n) is 4.65. The van der Waals surface area contributed by atoms with Crippen molar-refractivity contribution in [2.75, 3.05) is 26.3 Å². The molecule has 0 aliphatic rings.